The quantitative estimate of drug-likeness (QED) is 0.0540. The number of benzene rings is 3. The van der Waals surface area contributed by atoms with Gasteiger partial charge < -0.3 is 14.2 Å². The van der Waals surface area contributed by atoms with Gasteiger partial charge >= 0.3 is 5.97 Å². The summed E-state index contributed by atoms with van der Waals surface area (Å²) in [5.41, 5.74) is 2.24. The van der Waals surface area contributed by atoms with Crippen molar-refractivity contribution in [2.75, 3.05) is 6.61 Å². The fraction of sp³-hybridized carbons (Fsp3) is 0.474. The Labute approximate surface area is 259 Å². The summed E-state index contributed by atoms with van der Waals surface area (Å²) in [6.07, 6.45) is 18.8. The van der Waals surface area contributed by atoms with E-state index in [2.05, 4.69) is 25.8 Å². The summed E-state index contributed by atoms with van der Waals surface area (Å²) in [7, 11) is 0. The molecule has 0 radical (unpaired) electrons. The average Bonchev–Trinajstić information content (AvgIpc) is 3.03. The summed E-state index contributed by atoms with van der Waals surface area (Å²) in [5, 5.41) is 0. The average molecular weight is 586 g/mol. The third-order valence-electron chi connectivity index (χ3n) is 7.56. The lowest BCUT2D eigenvalue weighted by Crippen LogP contribution is -2.09. The minimum atomic E-state index is -0.395. The predicted molar refractivity (Wildman–Crippen MR) is 178 cm³/mol. The largest absolute Gasteiger partial charge is 0.494 e. The zero-order valence-corrected chi connectivity index (χ0v) is 26.6. The first-order valence-electron chi connectivity index (χ1n) is 16.4. The van der Waals surface area contributed by atoms with Crippen LogP contribution in [0.15, 0.2) is 77.8 Å². The minimum absolute atomic E-state index is 0.189. The van der Waals surface area contributed by atoms with Crippen LogP contribution in [0.5, 0.6) is 17.2 Å². The maximum atomic E-state index is 12.6. The number of aliphatic imine (C=N–C) groups is 1. The second-order valence-corrected chi connectivity index (χ2v) is 11.3. The van der Waals surface area contributed by atoms with Crippen LogP contribution in [0.3, 0.4) is 0 Å². The standard InChI is InChI=1S/C38H51NO4/c1-4-6-7-8-9-10-11-12-13-14-15-16-29-41-35-25-19-33(20-26-35)38(40)43-37-23-17-32(18-24-37)30-39-34-21-27-36(28-22-34)42-31(3)5-2/h17-28,30-31H,4-16,29H2,1-3H3/t31-/m0/s1. The molecule has 0 aliphatic carbocycles. The van der Waals surface area contributed by atoms with E-state index in [4.69, 9.17) is 14.2 Å². The molecule has 232 valence electrons. The van der Waals surface area contributed by atoms with Gasteiger partial charge in [-0.05, 0) is 98.1 Å². The number of hydrogen-bond acceptors (Lipinski definition) is 5. The first-order chi connectivity index (χ1) is 21.1. The first-order valence-corrected chi connectivity index (χ1v) is 16.4. The van der Waals surface area contributed by atoms with Crippen LogP contribution < -0.4 is 14.2 Å². The van der Waals surface area contributed by atoms with Gasteiger partial charge in [-0.3, -0.25) is 4.99 Å². The summed E-state index contributed by atoms with van der Waals surface area (Å²) in [6, 6.07) is 22.2. The van der Waals surface area contributed by atoms with E-state index < -0.39 is 5.97 Å². The van der Waals surface area contributed by atoms with Gasteiger partial charge in [-0.1, -0.05) is 84.5 Å². The Balaban J connectivity index is 1.30. The number of ether oxygens (including phenoxy) is 3. The first kappa shape index (κ1) is 33.9. The van der Waals surface area contributed by atoms with Crippen LogP contribution >= 0.6 is 0 Å². The summed E-state index contributed by atoms with van der Waals surface area (Å²) >= 11 is 0. The van der Waals surface area contributed by atoms with Gasteiger partial charge in [0.1, 0.15) is 17.2 Å². The van der Waals surface area contributed by atoms with Crippen molar-refractivity contribution < 1.29 is 19.0 Å². The Hall–Kier alpha value is -3.60. The van der Waals surface area contributed by atoms with E-state index in [9.17, 15) is 4.79 Å². The molecule has 0 aromatic heterocycles. The minimum Gasteiger partial charge on any atom is -0.494 e. The molecule has 0 aliphatic heterocycles. The molecule has 0 N–H and O–H groups in total. The molecule has 0 aliphatic rings. The van der Waals surface area contributed by atoms with E-state index in [1.165, 1.54) is 70.6 Å². The molecule has 3 aromatic rings. The van der Waals surface area contributed by atoms with Crippen LogP contribution in [0, 0.1) is 0 Å². The highest BCUT2D eigenvalue weighted by molar-refractivity contribution is 5.91. The smallest absolute Gasteiger partial charge is 0.343 e. The second kappa shape index (κ2) is 20.3. The lowest BCUT2D eigenvalue weighted by Gasteiger charge is -2.12. The zero-order chi connectivity index (χ0) is 30.5. The van der Waals surface area contributed by atoms with Crippen molar-refractivity contribution in [2.45, 2.75) is 110 Å². The van der Waals surface area contributed by atoms with E-state index in [1.807, 2.05) is 48.5 Å². The Morgan fingerprint density at radius 3 is 1.79 bits per heavy atom. The van der Waals surface area contributed by atoms with Gasteiger partial charge in [-0.25, -0.2) is 4.79 Å². The number of carbonyl (C=O) groups is 1. The molecule has 3 aromatic carbocycles. The molecule has 0 fully saturated rings. The summed E-state index contributed by atoms with van der Waals surface area (Å²) in [5.74, 6) is 1.71. The number of hydrogen-bond donors (Lipinski definition) is 0. The molecular formula is C38H51NO4. The van der Waals surface area contributed by atoms with Crippen LogP contribution in [0.1, 0.15) is 120 Å². The highest BCUT2D eigenvalue weighted by Crippen LogP contribution is 2.21. The van der Waals surface area contributed by atoms with Crippen molar-refractivity contribution >= 4 is 17.9 Å². The maximum Gasteiger partial charge on any atom is 0.343 e. The van der Waals surface area contributed by atoms with Gasteiger partial charge in [-0.2, -0.15) is 0 Å². The van der Waals surface area contributed by atoms with E-state index >= 15 is 0 Å². The van der Waals surface area contributed by atoms with Gasteiger partial charge in [0.2, 0.25) is 0 Å². The van der Waals surface area contributed by atoms with Crippen molar-refractivity contribution in [1.82, 2.24) is 0 Å². The van der Waals surface area contributed by atoms with Gasteiger partial charge in [0.05, 0.1) is 24.0 Å². The lowest BCUT2D eigenvalue weighted by molar-refractivity contribution is 0.0734. The van der Waals surface area contributed by atoms with Gasteiger partial charge in [0.15, 0.2) is 0 Å². The molecule has 0 saturated heterocycles. The zero-order valence-electron chi connectivity index (χ0n) is 26.6. The molecule has 5 nitrogen and oxygen atoms in total. The molecule has 5 heteroatoms. The molecule has 0 bridgehead atoms. The topological polar surface area (TPSA) is 57.1 Å². The molecule has 43 heavy (non-hydrogen) atoms. The van der Waals surface area contributed by atoms with Crippen LogP contribution in [-0.2, 0) is 0 Å². The molecule has 0 saturated carbocycles. The normalized spacial score (nSPS) is 11.9. The van der Waals surface area contributed by atoms with Crippen LogP contribution in [-0.4, -0.2) is 24.9 Å². The predicted octanol–water partition coefficient (Wildman–Crippen LogP) is 10.9. The SMILES string of the molecule is CCCCCCCCCCCCCCOc1ccc(C(=O)Oc2ccc(C=Nc3ccc(O[C@@H](C)CC)cc3)cc2)cc1. The highest BCUT2D eigenvalue weighted by Gasteiger charge is 2.09. The molecule has 0 heterocycles. The number of esters is 1. The molecule has 0 amide bonds. The van der Waals surface area contributed by atoms with Crippen LogP contribution in [0.25, 0.3) is 0 Å². The van der Waals surface area contributed by atoms with Crippen LogP contribution in [0.2, 0.25) is 0 Å². The van der Waals surface area contributed by atoms with Crippen molar-refractivity contribution in [3.63, 3.8) is 0 Å². The number of unbranched alkanes of at least 4 members (excludes halogenated alkanes) is 11. The fourth-order valence-electron chi connectivity index (χ4n) is 4.68. The summed E-state index contributed by atoms with van der Waals surface area (Å²) < 4.78 is 17.2. The van der Waals surface area contributed by atoms with Crippen LogP contribution in [0.4, 0.5) is 5.69 Å². The Bertz CT molecular complexity index is 1190. The lowest BCUT2D eigenvalue weighted by atomic mass is 10.1. The molecule has 3 rings (SSSR count). The van der Waals surface area contributed by atoms with E-state index in [0.29, 0.717) is 17.9 Å². The van der Waals surface area contributed by atoms with E-state index in [0.717, 1.165) is 35.6 Å². The third-order valence-corrected chi connectivity index (χ3v) is 7.56. The van der Waals surface area contributed by atoms with Gasteiger partial charge in [-0.15, -0.1) is 0 Å². The summed E-state index contributed by atoms with van der Waals surface area (Å²) in [6.45, 7) is 7.13. The van der Waals surface area contributed by atoms with E-state index in [-0.39, 0.29) is 6.10 Å². The monoisotopic (exact) mass is 585 g/mol. The summed E-state index contributed by atoms with van der Waals surface area (Å²) in [4.78, 5) is 17.1. The Kier molecular flexibility index (Phi) is 16.0. The van der Waals surface area contributed by atoms with Crippen molar-refractivity contribution in [3.8, 4) is 17.2 Å². The highest BCUT2D eigenvalue weighted by atomic mass is 16.5. The third kappa shape index (κ3) is 13.9. The maximum absolute atomic E-state index is 12.6. The van der Waals surface area contributed by atoms with E-state index in [1.54, 1.807) is 30.5 Å². The number of nitrogens with zero attached hydrogens (tertiary/aromatic N) is 1. The van der Waals surface area contributed by atoms with Crippen molar-refractivity contribution in [1.29, 1.82) is 0 Å². The van der Waals surface area contributed by atoms with Crippen molar-refractivity contribution in [2.24, 2.45) is 4.99 Å². The van der Waals surface area contributed by atoms with Gasteiger partial charge in [0, 0.05) is 6.21 Å². The van der Waals surface area contributed by atoms with Crippen molar-refractivity contribution in [3.05, 3.63) is 83.9 Å². The fourth-order valence-corrected chi connectivity index (χ4v) is 4.68. The van der Waals surface area contributed by atoms with Gasteiger partial charge in [0.25, 0.3) is 0 Å². The Morgan fingerprint density at radius 2 is 1.21 bits per heavy atom. The molecule has 1 atom stereocenters. The molecular weight excluding hydrogens is 534 g/mol. The number of carbonyl (C=O) groups excluding carboxylic acids is 1. The molecule has 0 unspecified atom stereocenters. The number of rotatable bonds is 21. The molecule has 0 spiro atoms. The Morgan fingerprint density at radius 1 is 0.674 bits per heavy atom. The second-order valence-electron chi connectivity index (χ2n) is 11.3.